The summed E-state index contributed by atoms with van der Waals surface area (Å²) < 4.78 is 11.8. The van der Waals surface area contributed by atoms with Crippen molar-refractivity contribution in [3.05, 3.63) is 33.4 Å². The van der Waals surface area contributed by atoms with Crippen molar-refractivity contribution >= 4 is 33.4 Å². The highest BCUT2D eigenvalue weighted by molar-refractivity contribution is 14.1. The fourth-order valence-electron chi connectivity index (χ4n) is 1.83. The molecule has 0 bridgehead atoms. The molecule has 0 aromatic heterocycles. The standard InChI is InChI=1S/C13H13IO2/c1-8-4-5-9-6-12(15-2)11(14)7-10(9)13(8)16-3/h4-7H,1-3H3. The molecular formula is C13H13IO2. The highest BCUT2D eigenvalue weighted by Crippen LogP contribution is 2.34. The van der Waals surface area contributed by atoms with E-state index in [0.717, 1.165) is 31.4 Å². The summed E-state index contributed by atoms with van der Waals surface area (Å²) in [4.78, 5) is 0. The van der Waals surface area contributed by atoms with E-state index >= 15 is 0 Å². The molecule has 84 valence electrons. The SMILES string of the molecule is COc1cc2ccc(C)c(OC)c2cc1I. The Labute approximate surface area is 109 Å². The molecule has 16 heavy (non-hydrogen) atoms. The molecule has 0 aliphatic heterocycles. The zero-order valence-electron chi connectivity index (χ0n) is 9.50. The molecule has 2 nitrogen and oxygen atoms in total. The minimum Gasteiger partial charge on any atom is -0.496 e. The number of rotatable bonds is 2. The van der Waals surface area contributed by atoms with Gasteiger partial charge in [0, 0.05) is 5.39 Å². The van der Waals surface area contributed by atoms with Crippen LogP contribution in [-0.2, 0) is 0 Å². The lowest BCUT2D eigenvalue weighted by Gasteiger charge is -2.11. The van der Waals surface area contributed by atoms with Gasteiger partial charge in [-0.15, -0.1) is 0 Å². The van der Waals surface area contributed by atoms with E-state index in [1.807, 2.05) is 6.07 Å². The molecule has 0 fully saturated rings. The largest absolute Gasteiger partial charge is 0.496 e. The van der Waals surface area contributed by atoms with E-state index in [2.05, 4.69) is 47.7 Å². The lowest BCUT2D eigenvalue weighted by molar-refractivity contribution is 0.411. The third kappa shape index (κ3) is 1.84. The Morgan fingerprint density at radius 1 is 1.06 bits per heavy atom. The maximum absolute atomic E-state index is 5.44. The molecule has 0 atom stereocenters. The van der Waals surface area contributed by atoms with Crippen molar-refractivity contribution in [2.45, 2.75) is 6.92 Å². The lowest BCUT2D eigenvalue weighted by Crippen LogP contribution is -1.92. The van der Waals surface area contributed by atoms with Crippen LogP contribution in [0.15, 0.2) is 24.3 Å². The van der Waals surface area contributed by atoms with Crippen molar-refractivity contribution in [2.75, 3.05) is 14.2 Å². The van der Waals surface area contributed by atoms with E-state index in [1.54, 1.807) is 14.2 Å². The third-order valence-electron chi connectivity index (χ3n) is 2.64. The van der Waals surface area contributed by atoms with E-state index in [0.29, 0.717) is 0 Å². The summed E-state index contributed by atoms with van der Waals surface area (Å²) >= 11 is 2.27. The first-order valence-electron chi connectivity index (χ1n) is 4.98. The van der Waals surface area contributed by atoms with E-state index in [4.69, 9.17) is 9.47 Å². The highest BCUT2D eigenvalue weighted by Gasteiger charge is 2.08. The van der Waals surface area contributed by atoms with E-state index in [9.17, 15) is 0 Å². The Hall–Kier alpha value is -0.970. The quantitative estimate of drug-likeness (QED) is 0.782. The molecule has 0 aliphatic rings. The van der Waals surface area contributed by atoms with Crippen LogP contribution in [0.5, 0.6) is 11.5 Å². The Kier molecular flexibility index (Phi) is 3.23. The normalized spacial score (nSPS) is 10.5. The molecular weight excluding hydrogens is 315 g/mol. The summed E-state index contributed by atoms with van der Waals surface area (Å²) in [6, 6.07) is 8.29. The van der Waals surface area contributed by atoms with E-state index < -0.39 is 0 Å². The van der Waals surface area contributed by atoms with Gasteiger partial charge in [-0.25, -0.2) is 0 Å². The lowest BCUT2D eigenvalue weighted by atomic mass is 10.1. The summed E-state index contributed by atoms with van der Waals surface area (Å²) in [6.07, 6.45) is 0. The number of ether oxygens (including phenoxy) is 2. The van der Waals surface area contributed by atoms with Crippen LogP contribution < -0.4 is 9.47 Å². The van der Waals surface area contributed by atoms with Crippen LogP contribution >= 0.6 is 22.6 Å². The molecule has 2 aromatic carbocycles. The molecule has 0 aliphatic carbocycles. The van der Waals surface area contributed by atoms with Gasteiger partial charge < -0.3 is 9.47 Å². The first-order valence-corrected chi connectivity index (χ1v) is 6.06. The second-order valence-corrected chi connectivity index (χ2v) is 4.79. The number of halogens is 1. The van der Waals surface area contributed by atoms with E-state index in [1.165, 1.54) is 0 Å². The number of benzene rings is 2. The second kappa shape index (κ2) is 4.49. The number of hydrogen-bond acceptors (Lipinski definition) is 2. The van der Waals surface area contributed by atoms with Crippen LogP contribution in [0.1, 0.15) is 5.56 Å². The summed E-state index contributed by atoms with van der Waals surface area (Å²) in [7, 11) is 3.40. The van der Waals surface area contributed by atoms with Crippen LogP contribution in [0.4, 0.5) is 0 Å². The number of fused-ring (bicyclic) bond motifs is 1. The van der Waals surface area contributed by atoms with Crippen LogP contribution in [0.3, 0.4) is 0 Å². The van der Waals surface area contributed by atoms with E-state index in [-0.39, 0.29) is 0 Å². The molecule has 0 saturated heterocycles. The Bertz CT molecular complexity index is 535. The third-order valence-corrected chi connectivity index (χ3v) is 3.49. The van der Waals surface area contributed by atoms with Gasteiger partial charge in [0.1, 0.15) is 11.5 Å². The Morgan fingerprint density at radius 3 is 2.44 bits per heavy atom. The number of methoxy groups -OCH3 is 2. The molecule has 0 heterocycles. The molecule has 0 radical (unpaired) electrons. The molecule has 0 N–H and O–H groups in total. The predicted molar refractivity (Wildman–Crippen MR) is 74.5 cm³/mol. The topological polar surface area (TPSA) is 18.5 Å². The minimum atomic E-state index is 0.902. The van der Waals surface area contributed by atoms with Crippen LogP contribution in [0.2, 0.25) is 0 Å². The van der Waals surface area contributed by atoms with Crippen LogP contribution in [0.25, 0.3) is 10.8 Å². The molecule has 2 aromatic rings. The van der Waals surface area contributed by atoms with Gasteiger partial charge in [0.05, 0.1) is 17.8 Å². The van der Waals surface area contributed by atoms with Gasteiger partial charge in [0.2, 0.25) is 0 Å². The maximum Gasteiger partial charge on any atom is 0.132 e. The van der Waals surface area contributed by atoms with Gasteiger partial charge in [-0.3, -0.25) is 0 Å². The zero-order valence-corrected chi connectivity index (χ0v) is 11.7. The van der Waals surface area contributed by atoms with Crippen molar-refractivity contribution < 1.29 is 9.47 Å². The fraction of sp³-hybridized carbons (Fsp3) is 0.231. The molecule has 3 heteroatoms. The fourth-order valence-corrected chi connectivity index (χ4v) is 2.52. The molecule has 0 spiro atoms. The van der Waals surface area contributed by atoms with Gasteiger partial charge in [0.15, 0.2) is 0 Å². The van der Waals surface area contributed by atoms with Crippen molar-refractivity contribution in [1.82, 2.24) is 0 Å². The Balaban J connectivity index is 2.79. The minimum absolute atomic E-state index is 0.902. The molecule has 0 amide bonds. The molecule has 2 rings (SSSR count). The van der Waals surface area contributed by atoms with Gasteiger partial charge in [-0.05, 0) is 52.6 Å². The summed E-state index contributed by atoms with van der Waals surface area (Å²) in [5.41, 5.74) is 1.15. The second-order valence-electron chi connectivity index (χ2n) is 3.62. The molecule has 0 unspecified atom stereocenters. The van der Waals surface area contributed by atoms with Crippen molar-refractivity contribution in [3.8, 4) is 11.5 Å². The summed E-state index contributed by atoms with van der Waals surface area (Å²) in [5, 5.41) is 2.27. The average molecular weight is 328 g/mol. The van der Waals surface area contributed by atoms with Crippen molar-refractivity contribution in [1.29, 1.82) is 0 Å². The van der Waals surface area contributed by atoms with Crippen molar-refractivity contribution in [3.63, 3.8) is 0 Å². The number of hydrogen-bond donors (Lipinski definition) is 0. The van der Waals surface area contributed by atoms with Crippen molar-refractivity contribution in [2.24, 2.45) is 0 Å². The first-order chi connectivity index (χ1) is 7.67. The van der Waals surface area contributed by atoms with Crippen LogP contribution in [0, 0.1) is 10.5 Å². The first kappa shape index (κ1) is 11.5. The smallest absolute Gasteiger partial charge is 0.132 e. The Morgan fingerprint density at radius 2 is 1.81 bits per heavy atom. The van der Waals surface area contributed by atoms with Gasteiger partial charge >= 0.3 is 0 Å². The monoisotopic (exact) mass is 328 g/mol. The summed E-state index contributed by atoms with van der Waals surface area (Å²) in [6.45, 7) is 2.05. The number of aryl methyl sites for hydroxylation is 1. The zero-order chi connectivity index (χ0) is 11.7. The van der Waals surface area contributed by atoms with Crippen LogP contribution in [-0.4, -0.2) is 14.2 Å². The highest BCUT2D eigenvalue weighted by atomic mass is 127. The summed E-state index contributed by atoms with van der Waals surface area (Å²) in [5.74, 6) is 1.84. The molecule has 0 saturated carbocycles. The van der Waals surface area contributed by atoms with Gasteiger partial charge in [-0.2, -0.15) is 0 Å². The van der Waals surface area contributed by atoms with Gasteiger partial charge in [0.25, 0.3) is 0 Å². The van der Waals surface area contributed by atoms with Gasteiger partial charge in [-0.1, -0.05) is 12.1 Å². The average Bonchev–Trinajstić information content (AvgIpc) is 2.28. The maximum atomic E-state index is 5.44. The predicted octanol–water partition coefficient (Wildman–Crippen LogP) is 3.77.